The Hall–Kier alpha value is -2.18. The molecule has 3 aromatic rings. The fraction of sp³-hybridized carbons (Fsp3) is 0.269. The number of halogens is 2. The highest BCUT2D eigenvalue weighted by Crippen LogP contribution is 2.18. The first-order valence-corrected chi connectivity index (χ1v) is 12.1. The number of benzene rings is 3. The molecule has 4 rings (SSSR count). The molecule has 166 valence electrons. The first-order chi connectivity index (χ1) is 15.5. The monoisotopic (exact) mass is 511 g/mol. The normalized spacial score (nSPS) is 15.3. The van der Waals surface area contributed by atoms with Crippen molar-refractivity contribution in [1.29, 1.82) is 0 Å². The number of hydrogen-bond acceptors (Lipinski definition) is 3. The Bertz CT molecular complexity index is 1060. The molecule has 0 spiro atoms. The number of carbonyl (C=O) groups is 1. The number of hydrogen-bond donors (Lipinski definition) is 1. The molecule has 1 heterocycles. The van der Waals surface area contributed by atoms with Crippen LogP contribution in [0.1, 0.15) is 27.9 Å². The molecule has 0 aromatic heterocycles. The van der Waals surface area contributed by atoms with Crippen molar-refractivity contribution in [2.24, 2.45) is 0 Å². The minimum Gasteiger partial charge on any atom is -0.322 e. The molecule has 1 amide bonds. The molecule has 32 heavy (non-hydrogen) atoms. The maximum atomic E-state index is 12.5. The van der Waals surface area contributed by atoms with Crippen molar-refractivity contribution >= 4 is 39.1 Å². The number of rotatable bonds is 6. The minimum atomic E-state index is -0.0962. The third kappa shape index (κ3) is 6.66. The van der Waals surface area contributed by atoms with Crippen LogP contribution < -0.4 is 5.32 Å². The van der Waals surface area contributed by atoms with Gasteiger partial charge in [0, 0.05) is 46.9 Å². The van der Waals surface area contributed by atoms with Gasteiger partial charge in [-0.25, -0.2) is 0 Å². The highest BCUT2D eigenvalue weighted by molar-refractivity contribution is 9.10. The van der Waals surface area contributed by atoms with Gasteiger partial charge in [-0.3, -0.25) is 14.6 Å². The topological polar surface area (TPSA) is 35.6 Å². The molecule has 1 aliphatic rings. The predicted molar refractivity (Wildman–Crippen MR) is 135 cm³/mol. The summed E-state index contributed by atoms with van der Waals surface area (Å²) in [4.78, 5) is 17.5. The van der Waals surface area contributed by atoms with Crippen molar-refractivity contribution in [1.82, 2.24) is 9.80 Å². The molecule has 6 heteroatoms. The van der Waals surface area contributed by atoms with E-state index in [1.165, 1.54) is 11.1 Å². The van der Waals surface area contributed by atoms with Crippen LogP contribution in [0.3, 0.4) is 0 Å². The van der Waals surface area contributed by atoms with Gasteiger partial charge in [0.15, 0.2) is 0 Å². The lowest BCUT2D eigenvalue weighted by Gasteiger charge is -2.22. The predicted octanol–water partition coefficient (Wildman–Crippen LogP) is 6.06. The lowest BCUT2D eigenvalue weighted by Crippen LogP contribution is -2.30. The van der Waals surface area contributed by atoms with Crippen LogP contribution in [0.15, 0.2) is 77.3 Å². The van der Waals surface area contributed by atoms with E-state index in [-0.39, 0.29) is 5.91 Å². The summed E-state index contributed by atoms with van der Waals surface area (Å²) in [6.45, 7) is 6.04. The molecule has 1 N–H and O–H groups in total. The van der Waals surface area contributed by atoms with E-state index < -0.39 is 0 Å². The summed E-state index contributed by atoms with van der Waals surface area (Å²) >= 11 is 9.54. The summed E-state index contributed by atoms with van der Waals surface area (Å²) in [7, 11) is 0. The Morgan fingerprint density at radius 3 is 2.12 bits per heavy atom. The Kier molecular flexibility index (Phi) is 7.98. The molecular weight excluding hydrogens is 486 g/mol. The van der Waals surface area contributed by atoms with Gasteiger partial charge in [-0.05, 0) is 79.2 Å². The van der Waals surface area contributed by atoms with Gasteiger partial charge in [0.05, 0.1) is 0 Å². The summed E-state index contributed by atoms with van der Waals surface area (Å²) in [5, 5.41) is 3.81. The van der Waals surface area contributed by atoms with E-state index >= 15 is 0 Å². The molecule has 0 radical (unpaired) electrons. The third-order valence-electron chi connectivity index (χ3n) is 5.67. The summed E-state index contributed by atoms with van der Waals surface area (Å²) in [6, 6.07) is 23.7. The number of nitrogens with zero attached hydrogens (tertiary/aromatic N) is 2. The van der Waals surface area contributed by atoms with Crippen molar-refractivity contribution in [3.8, 4) is 0 Å². The van der Waals surface area contributed by atoms with E-state index in [9.17, 15) is 4.79 Å². The molecule has 0 bridgehead atoms. The molecular formula is C26H27BrClN3O. The maximum absolute atomic E-state index is 12.5. The zero-order valence-corrected chi connectivity index (χ0v) is 20.3. The van der Waals surface area contributed by atoms with E-state index in [1.807, 2.05) is 48.5 Å². The Labute approximate surface area is 203 Å². The lowest BCUT2D eigenvalue weighted by atomic mass is 10.1. The first kappa shape index (κ1) is 23.0. The Balaban J connectivity index is 1.32. The molecule has 0 unspecified atom stereocenters. The molecule has 0 aliphatic carbocycles. The second-order valence-electron chi connectivity index (χ2n) is 8.20. The third-order valence-corrected chi connectivity index (χ3v) is 6.44. The quantitative estimate of drug-likeness (QED) is 0.436. The van der Waals surface area contributed by atoms with Gasteiger partial charge in [-0.2, -0.15) is 0 Å². The van der Waals surface area contributed by atoms with Crippen LogP contribution >= 0.6 is 27.5 Å². The highest BCUT2D eigenvalue weighted by atomic mass is 79.9. The van der Waals surface area contributed by atoms with Crippen LogP contribution in [0, 0.1) is 0 Å². The fourth-order valence-corrected chi connectivity index (χ4v) is 4.52. The van der Waals surface area contributed by atoms with E-state index in [4.69, 9.17) is 11.6 Å². The van der Waals surface area contributed by atoms with Crippen molar-refractivity contribution in [2.75, 3.05) is 31.5 Å². The number of carbonyl (C=O) groups excluding carboxylic acids is 1. The molecule has 0 atom stereocenters. The van der Waals surface area contributed by atoms with E-state index in [1.54, 1.807) is 0 Å². The van der Waals surface area contributed by atoms with Gasteiger partial charge in [0.2, 0.25) is 0 Å². The van der Waals surface area contributed by atoms with Gasteiger partial charge in [0.1, 0.15) is 0 Å². The maximum Gasteiger partial charge on any atom is 0.255 e. The van der Waals surface area contributed by atoms with Crippen molar-refractivity contribution in [3.05, 3.63) is 99.0 Å². The molecule has 0 saturated carbocycles. The SMILES string of the molecule is O=C(Nc1cccc(CN2CCCN(Cc3cccc(Cl)c3)CC2)c1)c1ccc(Br)cc1. The van der Waals surface area contributed by atoms with Gasteiger partial charge >= 0.3 is 0 Å². The van der Waals surface area contributed by atoms with Crippen molar-refractivity contribution < 1.29 is 4.79 Å². The molecule has 4 nitrogen and oxygen atoms in total. The van der Waals surface area contributed by atoms with E-state index in [0.717, 1.165) is 60.9 Å². The van der Waals surface area contributed by atoms with Gasteiger partial charge in [-0.15, -0.1) is 0 Å². The molecule has 3 aromatic carbocycles. The van der Waals surface area contributed by atoms with Crippen molar-refractivity contribution in [2.45, 2.75) is 19.5 Å². The smallest absolute Gasteiger partial charge is 0.255 e. The fourth-order valence-electron chi connectivity index (χ4n) is 4.04. The van der Waals surface area contributed by atoms with Gasteiger partial charge in [-0.1, -0.05) is 51.8 Å². The van der Waals surface area contributed by atoms with Crippen molar-refractivity contribution in [3.63, 3.8) is 0 Å². The largest absolute Gasteiger partial charge is 0.322 e. The molecule has 1 aliphatic heterocycles. The van der Waals surface area contributed by atoms with Crippen LogP contribution in [0.2, 0.25) is 5.02 Å². The van der Waals surface area contributed by atoms with E-state index in [0.29, 0.717) is 5.56 Å². The van der Waals surface area contributed by atoms with Crippen LogP contribution in [0.4, 0.5) is 5.69 Å². The highest BCUT2D eigenvalue weighted by Gasteiger charge is 2.16. The Morgan fingerprint density at radius 1 is 0.844 bits per heavy atom. The summed E-state index contributed by atoms with van der Waals surface area (Å²) in [5.41, 5.74) is 3.95. The van der Waals surface area contributed by atoms with Crippen LogP contribution in [0.25, 0.3) is 0 Å². The van der Waals surface area contributed by atoms with Gasteiger partial charge in [0.25, 0.3) is 5.91 Å². The Morgan fingerprint density at radius 2 is 1.47 bits per heavy atom. The molecule has 1 saturated heterocycles. The average Bonchev–Trinajstić information content (AvgIpc) is 2.99. The van der Waals surface area contributed by atoms with Crippen LogP contribution in [0.5, 0.6) is 0 Å². The number of anilines is 1. The molecule has 1 fully saturated rings. The summed E-state index contributed by atoms with van der Waals surface area (Å²) in [6.07, 6.45) is 1.14. The minimum absolute atomic E-state index is 0.0962. The average molecular weight is 513 g/mol. The summed E-state index contributed by atoms with van der Waals surface area (Å²) < 4.78 is 0.958. The lowest BCUT2D eigenvalue weighted by molar-refractivity contribution is 0.102. The van der Waals surface area contributed by atoms with E-state index in [2.05, 4.69) is 55.3 Å². The van der Waals surface area contributed by atoms with Gasteiger partial charge < -0.3 is 5.32 Å². The van der Waals surface area contributed by atoms with Crippen LogP contribution in [-0.2, 0) is 13.1 Å². The number of nitrogens with one attached hydrogen (secondary N) is 1. The summed E-state index contributed by atoms with van der Waals surface area (Å²) in [5.74, 6) is -0.0962. The van der Waals surface area contributed by atoms with Crippen LogP contribution in [-0.4, -0.2) is 41.9 Å². The second-order valence-corrected chi connectivity index (χ2v) is 9.55. The first-order valence-electron chi connectivity index (χ1n) is 10.9. The number of amides is 1. The second kappa shape index (κ2) is 11.1. The zero-order chi connectivity index (χ0) is 22.3. The zero-order valence-electron chi connectivity index (χ0n) is 17.9. The standard InChI is InChI=1S/C26H27BrClN3O/c27-23-10-8-22(9-11-23)26(32)29-25-7-2-5-21(17-25)19-31-13-3-12-30(14-15-31)18-20-4-1-6-24(28)16-20/h1-2,4-11,16-17H,3,12-15,18-19H2,(H,29,32).